The van der Waals surface area contributed by atoms with Crippen LogP contribution in [0.2, 0.25) is 0 Å². The zero-order chi connectivity index (χ0) is 13.0. The Balaban J connectivity index is 3.24. The topological polar surface area (TPSA) is 25.2 Å². The average Bonchev–Trinajstić information content (AvgIpc) is 2.15. The Morgan fingerprint density at radius 2 is 1.94 bits per heavy atom. The Labute approximate surface area is 104 Å². The predicted octanol–water partition coefficient (Wildman–Crippen LogP) is 4.10. The van der Waals surface area contributed by atoms with Gasteiger partial charge in [-0.25, -0.2) is 0 Å². The minimum Gasteiger partial charge on any atom is -0.258 e. The summed E-state index contributed by atoms with van der Waals surface area (Å²) in [5.41, 5.74) is 6.06. The molecule has 0 saturated carbocycles. The van der Waals surface area contributed by atoms with Crippen molar-refractivity contribution in [1.29, 1.82) is 0 Å². The van der Waals surface area contributed by atoms with E-state index >= 15 is 0 Å². The van der Waals surface area contributed by atoms with Crippen LogP contribution in [0.15, 0.2) is 35.5 Å². The molecule has 0 unspecified atom stereocenters. The summed E-state index contributed by atoms with van der Waals surface area (Å²) in [5.74, 6) is 0. The highest BCUT2D eigenvalue weighted by Crippen LogP contribution is 2.17. The molecule has 0 aromatic carbocycles. The number of aliphatic imine (C=N–C) groups is 1. The molecule has 0 spiro atoms. The van der Waals surface area contributed by atoms with E-state index < -0.39 is 0 Å². The maximum Gasteiger partial charge on any atom is 0.0722 e. The van der Waals surface area contributed by atoms with Gasteiger partial charge in [0, 0.05) is 22.7 Å². The fourth-order valence-corrected chi connectivity index (χ4v) is 1.87. The molecule has 1 aromatic rings. The number of hydrogen-bond donors (Lipinski definition) is 0. The summed E-state index contributed by atoms with van der Waals surface area (Å²) >= 11 is 0. The Bertz CT molecular complexity index is 473. The number of nitrogens with zero attached hydrogens (tertiary/aromatic N) is 2. The third-order valence-electron chi connectivity index (χ3n) is 2.41. The summed E-state index contributed by atoms with van der Waals surface area (Å²) in [6, 6.07) is 4.15. The minimum absolute atomic E-state index is 0.811. The maximum absolute atomic E-state index is 4.55. The van der Waals surface area contributed by atoms with Gasteiger partial charge in [-0.15, -0.1) is 0 Å². The molecule has 0 aliphatic carbocycles. The fraction of sp³-hybridized carbons (Fsp3) is 0.333. The van der Waals surface area contributed by atoms with Gasteiger partial charge in [-0.05, 0) is 52.3 Å². The molecule has 0 aliphatic heterocycles. The van der Waals surface area contributed by atoms with Crippen LogP contribution in [0.1, 0.15) is 37.7 Å². The zero-order valence-electron chi connectivity index (χ0n) is 11.3. The van der Waals surface area contributed by atoms with E-state index in [1.807, 2.05) is 33.8 Å². The zero-order valence-corrected chi connectivity index (χ0v) is 11.3. The van der Waals surface area contributed by atoms with Crippen LogP contribution < -0.4 is 0 Å². The molecular weight excluding hydrogens is 208 g/mol. The number of rotatable bonds is 3. The van der Waals surface area contributed by atoms with Gasteiger partial charge in [0.2, 0.25) is 0 Å². The van der Waals surface area contributed by atoms with Gasteiger partial charge in [-0.1, -0.05) is 12.7 Å². The van der Waals surface area contributed by atoms with Gasteiger partial charge in [0.25, 0.3) is 0 Å². The normalized spacial score (nSPS) is 12.8. The highest BCUT2D eigenvalue weighted by Gasteiger charge is 2.07. The Morgan fingerprint density at radius 3 is 2.41 bits per heavy atom. The van der Waals surface area contributed by atoms with Crippen LogP contribution in [-0.4, -0.2) is 10.7 Å². The van der Waals surface area contributed by atoms with E-state index in [9.17, 15) is 0 Å². The van der Waals surface area contributed by atoms with Crippen molar-refractivity contribution in [2.24, 2.45) is 4.99 Å². The smallest absolute Gasteiger partial charge is 0.0722 e. The molecule has 0 radical (unpaired) electrons. The second kappa shape index (κ2) is 5.58. The molecule has 0 bridgehead atoms. The van der Waals surface area contributed by atoms with Gasteiger partial charge in [0.15, 0.2) is 0 Å². The molecule has 0 atom stereocenters. The summed E-state index contributed by atoms with van der Waals surface area (Å²) in [7, 11) is 0. The standard InChI is InChI=1S/C15H20N2/c1-7-14(13(6)16-10(2)3)15-9-11(4)8-12(5)17-15/h7-9H,2H2,1,3-6H3/b14-7+,16-13?. The van der Waals surface area contributed by atoms with Gasteiger partial charge in [-0.3, -0.25) is 9.98 Å². The monoisotopic (exact) mass is 228 g/mol. The summed E-state index contributed by atoms with van der Waals surface area (Å²) in [6.07, 6.45) is 2.04. The molecule has 1 rings (SSSR count). The van der Waals surface area contributed by atoms with E-state index in [0.29, 0.717) is 0 Å². The third kappa shape index (κ3) is 3.66. The molecule has 2 nitrogen and oxygen atoms in total. The van der Waals surface area contributed by atoms with Crippen LogP contribution in [0.3, 0.4) is 0 Å². The van der Waals surface area contributed by atoms with Crippen molar-refractivity contribution in [1.82, 2.24) is 4.98 Å². The van der Waals surface area contributed by atoms with Gasteiger partial charge in [0.1, 0.15) is 0 Å². The summed E-state index contributed by atoms with van der Waals surface area (Å²) in [4.78, 5) is 8.95. The van der Waals surface area contributed by atoms with E-state index in [-0.39, 0.29) is 0 Å². The average molecular weight is 228 g/mol. The van der Waals surface area contributed by atoms with Crippen molar-refractivity contribution in [3.63, 3.8) is 0 Å². The highest BCUT2D eigenvalue weighted by atomic mass is 14.8. The van der Waals surface area contributed by atoms with Crippen molar-refractivity contribution < 1.29 is 0 Å². The molecule has 0 N–H and O–H groups in total. The van der Waals surface area contributed by atoms with Crippen LogP contribution >= 0.6 is 0 Å². The first-order chi connectivity index (χ1) is 7.93. The maximum atomic E-state index is 4.55. The lowest BCUT2D eigenvalue weighted by Crippen LogP contribution is -2.01. The molecule has 0 aliphatic rings. The van der Waals surface area contributed by atoms with E-state index in [2.05, 4.69) is 35.6 Å². The Morgan fingerprint density at radius 1 is 1.29 bits per heavy atom. The Kier molecular flexibility index (Phi) is 4.38. The molecule has 0 amide bonds. The molecular formula is C15H20N2. The number of pyridine rings is 1. The van der Waals surface area contributed by atoms with E-state index in [1.165, 1.54) is 5.56 Å². The second-order valence-corrected chi connectivity index (χ2v) is 4.31. The van der Waals surface area contributed by atoms with Crippen LogP contribution in [0.25, 0.3) is 5.57 Å². The first-order valence-electron chi connectivity index (χ1n) is 5.77. The molecule has 17 heavy (non-hydrogen) atoms. The van der Waals surface area contributed by atoms with Crippen molar-refractivity contribution in [3.05, 3.63) is 47.4 Å². The van der Waals surface area contributed by atoms with E-state index in [1.54, 1.807) is 0 Å². The number of allylic oxidation sites excluding steroid dienone is 3. The van der Waals surface area contributed by atoms with Crippen LogP contribution in [-0.2, 0) is 0 Å². The summed E-state index contributed by atoms with van der Waals surface area (Å²) in [5, 5.41) is 0. The molecule has 90 valence electrons. The van der Waals surface area contributed by atoms with Crippen LogP contribution in [0.4, 0.5) is 0 Å². The lowest BCUT2D eigenvalue weighted by molar-refractivity contribution is 1.15. The summed E-state index contributed by atoms with van der Waals surface area (Å²) in [6.45, 7) is 13.8. The third-order valence-corrected chi connectivity index (χ3v) is 2.41. The lowest BCUT2D eigenvalue weighted by atomic mass is 10.0. The molecule has 0 saturated heterocycles. The molecule has 2 heteroatoms. The van der Waals surface area contributed by atoms with Crippen molar-refractivity contribution in [3.8, 4) is 0 Å². The van der Waals surface area contributed by atoms with Crippen molar-refractivity contribution in [2.45, 2.75) is 34.6 Å². The largest absolute Gasteiger partial charge is 0.258 e. The fourth-order valence-electron chi connectivity index (χ4n) is 1.87. The minimum atomic E-state index is 0.811. The lowest BCUT2D eigenvalue weighted by Gasteiger charge is -2.08. The van der Waals surface area contributed by atoms with Gasteiger partial charge in [0.05, 0.1) is 5.69 Å². The number of aromatic nitrogens is 1. The number of hydrogen-bond acceptors (Lipinski definition) is 2. The first-order valence-corrected chi connectivity index (χ1v) is 5.77. The Hall–Kier alpha value is -1.70. The van der Waals surface area contributed by atoms with Gasteiger partial charge in [-0.2, -0.15) is 0 Å². The number of aryl methyl sites for hydroxylation is 2. The van der Waals surface area contributed by atoms with Crippen LogP contribution in [0.5, 0.6) is 0 Å². The van der Waals surface area contributed by atoms with Gasteiger partial charge >= 0.3 is 0 Å². The molecule has 1 heterocycles. The van der Waals surface area contributed by atoms with Crippen molar-refractivity contribution >= 4 is 11.3 Å². The van der Waals surface area contributed by atoms with Crippen LogP contribution in [0, 0.1) is 13.8 Å². The summed E-state index contributed by atoms with van der Waals surface area (Å²) < 4.78 is 0. The SMILES string of the molecule is C=C(C)N=C(C)/C(=C\C)c1cc(C)cc(C)n1. The first kappa shape index (κ1) is 13.4. The van der Waals surface area contributed by atoms with E-state index in [4.69, 9.17) is 0 Å². The van der Waals surface area contributed by atoms with Gasteiger partial charge < -0.3 is 0 Å². The second-order valence-electron chi connectivity index (χ2n) is 4.31. The quantitative estimate of drug-likeness (QED) is 0.715. The molecule has 0 fully saturated rings. The molecule has 1 aromatic heterocycles. The van der Waals surface area contributed by atoms with Crippen molar-refractivity contribution in [2.75, 3.05) is 0 Å². The predicted molar refractivity (Wildman–Crippen MR) is 75.3 cm³/mol. The highest BCUT2D eigenvalue weighted by molar-refractivity contribution is 6.22. The van der Waals surface area contributed by atoms with E-state index in [0.717, 1.165) is 28.4 Å².